The maximum atomic E-state index is 10.6. The molecule has 0 heterocycles. The maximum absolute atomic E-state index is 10.6. The lowest BCUT2D eigenvalue weighted by Gasteiger charge is -2.21. The van der Waals surface area contributed by atoms with Crippen LogP contribution in [0.3, 0.4) is 0 Å². The second-order valence-electron chi connectivity index (χ2n) is 7.88. The van der Waals surface area contributed by atoms with Gasteiger partial charge in [0, 0.05) is 5.92 Å². The summed E-state index contributed by atoms with van der Waals surface area (Å²) in [5.41, 5.74) is 2.60. The highest BCUT2D eigenvalue weighted by Gasteiger charge is 2.18. The molecule has 1 nitrogen and oxygen atoms in total. The Labute approximate surface area is 166 Å². The van der Waals surface area contributed by atoms with Gasteiger partial charge in [-0.25, -0.2) is 0 Å². The van der Waals surface area contributed by atoms with Crippen molar-refractivity contribution in [3.63, 3.8) is 0 Å². The van der Waals surface area contributed by atoms with Crippen molar-refractivity contribution < 1.29 is 5.11 Å². The van der Waals surface area contributed by atoms with Gasteiger partial charge >= 0.3 is 0 Å². The molecule has 0 aliphatic rings. The molecule has 0 radical (unpaired) electrons. The van der Waals surface area contributed by atoms with Crippen LogP contribution in [0.4, 0.5) is 0 Å². The summed E-state index contributed by atoms with van der Waals surface area (Å²) in [6.45, 7) is 2.27. The van der Waals surface area contributed by atoms with Crippen molar-refractivity contribution in [1.82, 2.24) is 0 Å². The van der Waals surface area contributed by atoms with Gasteiger partial charge in [-0.05, 0) is 24.0 Å². The number of aliphatic hydroxyl groups excluding tert-OH is 1. The predicted molar refractivity (Wildman–Crippen MR) is 117 cm³/mol. The fraction of sp³-hybridized carbons (Fsp3) is 0.538. The number of benzene rings is 2. The van der Waals surface area contributed by atoms with E-state index in [0.29, 0.717) is 0 Å². The second kappa shape index (κ2) is 13.6. The molecule has 1 heteroatoms. The summed E-state index contributed by atoms with van der Waals surface area (Å²) in [6, 6.07) is 21.2. The largest absolute Gasteiger partial charge is 0.393 e. The summed E-state index contributed by atoms with van der Waals surface area (Å²) in [4.78, 5) is 0. The lowest BCUT2D eigenvalue weighted by Crippen LogP contribution is -2.13. The Balaban J connectivity index is 1.72. The third kappa shape index (κ3) is 8.75. The lowest BCUT2D eigenvalue weighted by molar-refractivity contribution is 0.146. The van der Waals surface area contributed by atoms with Crippen LogP contribution in [0.15, 0.2) is 60.7 Å². The zero-order valence-corrected chi connectivity index (χ0v) is 17.2. The third-order valence-electron chi connectivity index (χ3n) is 5.55. The van der Waals surface area contributed by atoms with Gasteiger partial charge in [0.1, 0.15) is 0 Å². The molecule has 2 aromatic carbocycles. The Morgan fingerprint density at radius 1 is 0.630 bits per heavy atom. The molecule has 0 spiro atoms. The zero-order valence-electron chi connectivity index (χ0n) is 17.2. The van der Waals surface area contributed by atoms with Gasteiger partial charge in [0.15, 0.2) is 0 Å². The van der Waals surface area contributed by atoms with Gasteiger partial charge in [0.2, 0.25) is 0 Å². The first kappa shape index (κ1) is 21.7. The first-order valence-corrected chi connectivity index (χ1v) is 11.1. The highest BCUT2D eigenvalue weighted by molar-refractivity contribution is 5.32. The Morgan fingerprint density at radius 2 is 1.07 bits per heavy atom. The van der Waals surface area contributed by atoms with E-state index in [-0.39, 0.29) is 12.0 Å². The van der Waals surface area contributed by atoms with Crippen molar-refractivity contribution in [2.24, 2.45) is 0 Å². The van der Waals surface area contributed by atoms with Crippen molar-refractivity contribution in [3.8, 4) is 0 Å². The zero-order chi connectivity index (χ0) is 19.2. The number of unbranched alkanes of at least 4 members (excludes halogenated alkanes) is 8. The molecule has 2 rings (SSSR count). The van der Waals surface area contributed by atoms with Crippen LogP contribution in [0.1, 0.15) is 94.6 Å². The molecule has 1 N–H and O–H groups in total. The molecule has 27 heavy (non-hydrogen) atoms. The minimum atomic E-state index is -0.222. The van der Waals surface area contributed by atoms with Gasteiger partial charge in [0.25, 0.3) is 0 Å². The lowest BCUT2D eigenvalue weighted by atomic mass is 9.85. The summed E-state index contributed by atoms with van der Waals surface area (Å²) in [7, 11) is 0. The molecule has 1 unspecified atom stereocenters. The Morgan fingerprint density at radius 3 is 1.56 bits per heavy atom. The number of rotatable bonds is 14. The summed E-state index contributed by atoms with van der Waals surface area (Å²) in [5.74, 6) is 0.279. The molecule has 0 saturated heterocycles. The smallest absolute Gasteiger partial charge is 0.0549 e. The fourth-order valence-electron chi connectivity index (χ4n) is 3.92. The van der Waals surface area contributed by atoms with Crippen LogP contribution < -0.4 is 0 Å². The number of hydrogen-bond acceptors (Lipinski definition) is 1. The van der Waals surface area contributed by atoms with E-state index < -0.39 is 0 Å². The highest BCUT2D eigenvalue weighted by atomic mass is 16.3. The van der Waals surface area contributed by atoms with Crippen molar-refractivity contribution in [2.45, 2.75) is 89.6 Å². The van der Waals surface area contributed by atoms with E-state index in [4.69, 9.17) is 0 Å². The molecule has 0 bridgehead atoms. The van der Waals surface area contributed by atoms with Gasteiger partial charge in [-0.3, -0.25) is 0 Å². The Hall–Kier alpha value is -1.60. The fourth-order valence-corrected chi connectivity index (χ4v) is 3.92. The molecule has 1 atom stereocenters. The van der Waals surface area contributed by atoms with Crippen LogP contribution in [0.2, 0.25) is 0 Å². The minimum absolute atomic E-state index is 0.222. The minimum Gasteiger partial charge on any atom is -0.393 e. The highest BCUT2D eigenvalue weighted by Crippen LogP contribution is 2.30. The molecule has 2 aromatic rings. The topological polar surface area (TPSA) is 20.2 Å². The van der Waals surface area contributed by atoms with Crippen LogP contribution >= 0.6 is 0 Å². The molecular weight excluding hydrogens is 328 g/mol. The molecule has 0 saturated carbocycles. The average molecular weight is 367 g/mol. The van der Waals surface area contributed by atoms with E-state index in [2.05, 4.69) is 67.6 Å². The monoisotopic (exact) mass is 366 g/mol. The Kier molecular flexibility index (Phi) is 10.9. The third-order valence-corrected chi connectivity index (χ3v) is 5.55. The Bertz CT molecular complexity index is 538. The maximum Gasteiger partial charge on any atom is 0.0549 e. The van der Waals surface area contributed by atoms with Crippen LogP contribution in [-0.4, -0.2) is 11.2 Å². The predicted octanol–water partition coefficient (Wildman–Crippen LogP) is 7.49. The molecule has 148 valence electrons. The van der Waals surface area contributed by atoms with Gasteiger partial charge in [-0.1, -0.05) is 125 Å². The van der Waals surface area contributed by atoms with E-state index in [9.17, 15) is 5.11 Å². The van der Waals surface area contributed by atoms with Crippen molar-refractivity contribution in [3.05, 3.63) is 71.8 Å². The van der Waals surface area contributed by atoms with Gasteiger partial charge in [-0.2, -0.15) is 0 Å². The first-order valence-electron chi connectivity index (χ1n) is 11.1. The second-order valence-corrected chi connectivity index (χ2v) is 7.88. The summed E-state index contributed by atoms with van der Waals surface area (Å²) in [6.07, 6.45) is 13.5. The molecule has 0 aliphatic carbocycles. The van der Waals surface area contributed by atoms with E-state index in [1.165, 1.54) is 62.5 Å². The molecular formula is C26H38O. The van der Waals surface area contributed by atoms with E-state index >= 15 is 0 Å². The van der Waals surface area contributed by atoms with E-state index in [1.54, 1.807) is 0 Å². The first-order chi connectivity index (χ1) is 13.3. The molecule has 0 fully saturated rings. The normalized spacial score (nSPS) is 12.4. The number of hydrogen-bond donors (Lipinski definition) is 1. The summed E-state index contributed by atoms with van der Waals surface area (Å²) >= 11 is 0. The van der Waals surface area contributed by atoms with Gasteiger partial charge in [0.05, 0.1) is 6.10 Å². The van der Waals surface area contributed by atoms with Crippen LogP contribution in [0.5, 0.6) is 0 Å². The standard InChI is InChI=1S/C26H38O/c1-2-3-4-5-6-7-8-9-16-21-25(27)22-26(23-17-12-10-13-18-23)24-19-14-11-15-20-24/h10-15,17-20,25-27H,2-9,16,21-22H2,1H3. The molecule has 0 aromatic heterocycles. The van der Waals surface area contributed by atoms with Gasteiger partial charge in [-0.15, -0.1) is 0 Å². The van der Waals surface area contributed by atoms with E-state index in [1.807, 2.05) is 0 Å². The van der Waals surface area contributed by atoms with E-state index in [0.717, 1.165) is 19.3 Å². The summed E-state index contributed by atoms with van der Waals surface area (Å²) in [5, 5.41) is 10.6. The van der Waals surface area contributed by atoms with Crippen LogP contribution in [-0.2, 0) is 0 Å². The molecule has 0 amide bonds. The van der Waals surface area contributed by atoms with Crippen molar-refractivity contribution in [2.75, 3.05) is 0 Å². The SMILES string of the molecule is CCCCCCCCCCCC(O)CC(c1ccccc1)c1ccccc1. The number of aliphatic hydroxyl groups is 1. The van der Waals surface area contributed by atoms with Crippen molar-refractivity contribution >= 4 is 0 Å². The average Bonchev–Trinajstić information content (AvgIpc) is 2.72. The summed E-state index contributed by atoms with van der Waals surface area (Å²) < 4.78 is 0. The van der Waals surface area contributed by atoms with Crippen molar-refractivity contribution in [1.29, 1.82) is 0 Å². The molecule has 0 aliphatic heterocycles. The quantitative estimate of drug-likeness (QED) is 0.343. The van der Waals surface area contributed by atoms with Crippen LogP contribution in [0.25, 0.3) is 0 Å². The van der Waals surface area contributed by atoms with Gasteiger partial charge < -0.3 is 5.11 Å². The van der Waals surface area contributed by atoms with Crippen LogP contribution in [0, 0.1) is 0 Å².